The number of hydrogen-bond donors (Lipinski definition) is 1. The molecule has 0 saturated heterocycles. The van der Waals surface area contributed by atoms with Gasteiger partial charge in [-0.3, -0.25) is 4.98 Å². The Morgan fingerprint density at radius 3 is 2.80 bits per heavy atom. The summed E-state index contributed by atoms with van der Waals surface area (Å²) in [5, 5.41) is 4.69. The van der Waals surface area contributed by atoms with Crippen molar-refractivity contribution in [3.8, 4) is 0 Å². The van der Waals surface area contributed by atoms with Gasteiger partial charge in [0.1, 0.15) is 0 Å². The minimum Gasteiger partial charge on any atom is -0.380 e. The summed E-state index contributed by atoms with van der Waals surface area (Å²) < 4.78 is 1.12. The number of benzene rings is 2. The second-order valence-corrected chi connectivity index (χ2v) is 5.57. The second kappa shape index (κ2) is 5.63. The lowest BCUT2D eigenvalue weighted by Gasteiger charge is -2.11. The fraction of sp³-hybridized carbons (Fsp3) is 0.118. The number of hydrogen-bond acceptors (Lipinski definition) is 2. The smallest absolute Gasteiger partial charge is 0.0705 e. The predicted octanol–water partition coefficient (Wildman–Crippen LogP) is 4.92. The molecular formula is C17H15BrN2. The zero-order valence-electron chi connectivity index (χ0n) is 11.2. The van der Waals surface area contributed by atoms with Gasteiger partial charge in [-0.1, -0.05) is 30.3 Å². The van der Waals surface area contributed by atoms with Gasteiger partial charge in [-0.2, -0.15) is 0 Å². The predicted molar refractivity (Wildman–Crippen MR) is 87.9 cm³/mol. The molecule has 0 unspecified atom stereocenters. The largest absolute Gasteiger partial charge is 0.380 e. The molecule has 2 nitrogen and oxygen atoms in total. The Hall–Kier alpha value is -1.87. The van der Waals surface area contributed by atoms with Crippen LogP contribution in [-0.4, -0.2) is 4.98 Å². The Morgan fingerprint density at radius 1 is 1.05 bits per heavy atom. The molecule has 0 aliphatic heterocycles. The molecule has 100 valence electrons. The van der Waals surface area contributed by atoms with Crippen molar-refractivity contribution < 1.29 is 0 Å². The molecule has 20 heavy (non-hydrogen) atoms. The van der Waals surface area contributed by atoms with Crippen LogP contribution in [0.1, 0.15) is 11.1 Å². The van der Waals surface area contributed by atoms with Crippen LogP contribution in [0.3, 0.4) is 0 Å². The van der Waals surface area contributed by atoms with Gasteiger partial charge in [-0.05, 0) is 52.2 Å². The normalized spacial score (nSPS) is 10.7. The zero-order chi connectivity index (χ0) is 13.9. The number of fused-ring (bicyclic) bond motifs is 1. The highest BCUT2D eigenvalue weighted by Gasteiger charge is 2.04. The highest BCUT2D eigenvalue weighted by molar-refractivity contribution is 9.10. The number of para-hydroxylation sites is 1. The van der Waals surface area contributed by atoms with Crippen LogP contribution in [0, 0.1) is 6.92 Å². The molecule has 2 aromatic carbocycles. The van der Waals surface area contributed by atoms with Crippen molar-refractivity contribution in [1.29, 1.82) is 0 Å². The third-order valence-corrected chi connectivity index (χ3v) is 4.45. The van der Waals surface area contributed by atoms with Crippen molar-refractivity contribution in [3.63, 3.8) is 0 Å². The lowest BCUT2D eigenvalue weighted by molar-refractivity contribution is 1.15. The number of nitrogens with one attached hydrogen (secondary N) is 1. The van der Waals surface area contributed by atoms with Crippen molar-refractivity contribution in [2.45, 2.75) is 13.5 Å². The lowest BCUT2D eigenvalue weighted by atomic mass is 10.1. The van der Waals surface area contributed by atoms with Gasteiger partial charge in [0.15, 0.2) is 0 Å². The van der Waals surface area contributed by atoms with E-state index in [2.05, 4.69) is 69.6 Å². The van der Waals surface area contributed by atoms with E-state index in [-0.39, 0.29) is 0 Å². The molecule has 0 atom stereocenters. The first-order valence-electron chi connectivity index (χ1n) is 6.57. The first kappa shape index (κ1) is 13.1. The summed E-state index contributed by atoms with van der Waals surface area (Å²) in [6, 6.07) is 16.5. The molecule has 0 saturated carbocycles. The van der Waals surface area contributed by atoms with E-state index < -0.39 is 0 Å². The summed E-state index contributed by atoms with van der Waals surface area (Å²) in [5.41, 5.74) is 4.64. The standard InChI is InChI=1S/C17H15BrN2/c1-12-5-4-8-16(17(12)18)20-11-13-9-10-19-15-7-3-2-6-14(13)15/h2-10,20H,11H2,1H3. The summed E-state index contributed by atoms with van der Waals surface area (Å²) in [7, 11) is 0. The summed E-state index contributed by atoms with van der Waals surface area (Å²) in [6.07, 6.45) is 1.87. The minimum atomic E-state index is 0.783. The van der Waals surface area contributed by atoms with Crippen LogP contribution >= 0.6 is 15.9 Å². The first-order chi connectivity index (χ1) is 9.75. The number of pyridine rings is 1. The average molecular weight is 327 g/mol. The highest BCUT2D eigenvalue weighted by atomic mass is 79.9. The van der Waals surface area contributed by atoms with Gasteiger partial charge in [0, 0.05) is 28.3 Å². The van der Waals surface area contributed by atoms with Gasteiger partial charge >= 0.3 is 0 Å². The maximum absolute atomic E-state index is 4.39. The van der Waals surface area contributed by atoms with Crippen LogP contribution in [-0.2, 0) is 6.54 Å². The lowest BCUT2D eigenvalue weighted by Crippen LogP contribution is -2.01. The Kier molecular flexibility index (Phi) is 3.70. The van der Waals surface area contributed by atoms with Crippen molar-refractivity contribution in [1.82, 2.24) is 4.98 Å². The molecule has 3 rings (SSSR count). The third-order valence-electron chi connectivity index (χ3n) is 3.40. The van der Waals surface area contributed by atoms with Crippen LogP contribution in [0.25, 0.3) is 10.9 Å². The number of nitrogens with zero attached hydrogens (tertiary/aromatic N) is 1. The average Bonchev–Trinajstić information content (AvgIpc) is 2.49. The molecule has 1 aromatic heterocycles. The first-order valence-corrected chi connectivity index (χ1v) is 7.36. The van der Waals surface area contributed by atoms with E-state index in [1.807, 2.05) is 18.3 Å². The number of rotatable bonds is 3. The maximum Gasteiger partial charge on any atom is 0.0705 e. The van der Waals surface area contributed by atoms with Crippen LogP contribution in [0.15, 0.2) is 59.2 Å². The van der Waals surface area contributed by atoms with E-state index in [9.17, 15) is 0 Å². The number of halogens is 1. The van der Waals surface area contributed by atoms with E-state index in [1.54, 1.807) is 0 Å². The molecule has 0 fully saturated rings. The third kappa shape index (κ3) is 2.54. The van der Waals surface area contributed by atoms with Gasteiger partial charge in [0.2, 0.25) is 0 Å². The van der Waals surface area contributed by atoms with E-state index in [0.717, 1.165) is 22.2 Å². The Labute approximate surface area is 127 Å². The van der Waals surface area contributed by atoms with Crippen LogP contribution < -0.4 is 5.32 Å². The van der Waals surface area contributed by atoms with Crippen molar-refractivity contribution in [2.24, 2.45) is 0 Å². The van der Waals surface area contributed by atoms with E-state index in [4.69, 9.17) is 0 Å². The highest BCUT2D eigenvalue weighted by Crippen LogP contribution is 2.26. The molecule has 0 amide bonds. The quantitative estimate of drug-likeness (QED) is 0.739. The molecule has 3 aromatic rings. The fourth-order valence-electron chi connectivity index (χ4n) is 2.28. The molecule has 1 N–H and O–H groups in total. The molecule has 0 aliphatic rings. The van der Waals surface area contributed by atoms with E-state index >= 15 is 0 Å². The van der Waals surface area contributed by atoms with Crippen molar-refractivity contribution in [3.05, 3.63) is 70.3 Å². The molecule has 0 aliphatic carbocycles. The van der Waals surface area contributed by atoms with Gasteiger partial charge < -0.3 is 5.32 Å². The molecule has 0 bridgehead atoms. The van der Waals surface area contributed by atoms with Gasteiger partial charge in [0.05, 0.1) is 5.52 Å². The van der Waals surface area contributed by atoms with E-state index in [0.29, 0.717) is 0 Å². The van der Waals surface area contributed by atoms with E-state index in [1.165, 1.54) is 16.5 Å². The zero-order valence-corrected chi connectivity index (χ0v) is 12.8. The second-order valence-electron chi connectivity index (χ2n) is 4.78. The summed E-state index contributed by atoms with van der Waals surface area (Å²) in [5.74, 6) is 0. The van der Waals surface area contributed by atoms with Crippen LogP contribution in [0.4, 0.5) is 5.69 Å². The maximum atomic E-state index is 4.39. The Morgan fingerprint density at radius 2 is 1.90 bits per heavy atom. The molecule has 3 heteroatoms. The van der Waals surface area contributed by atoms with Crippen molar-refractivity contribution in [2.75, 3.05) is 5.32 Å². The summed E-state index contributed by atoms with van der Waals surface area (Å²) in [6.45, 7) is 2.88. The van der Waals surface area contributed by atoms with Gasteiger partial charge in [0.25, 0.3) is 0 Å². The van der Waals surface area contributed by atoms with Crippen LogP contribution in [0.5, 0.6) is 0 Å². The van der Waals surface area contributed by atoms with Gasteiger partial charge in [-0.25, -0.2) is 0 Å². The Bertz CT molecular complexity index is 748. The SMILES string of the molecule is Cc1cccc(NCc2ccnc3ccccc23)c1Br. The van der Waals surface area contributed by atoms with Crippen molar-refractivity contribution >= 4 is 32.5 Å². The summed E-state index contributed by atoms with van der Waals surface area (Å²) in [4.78, 5) is 4.39. The molecule has 1 heterocycles. The number of anilines is 1. The molecular weight excluding hydrogens is 312 g/mol. The fourth-order valence-corrected chi connectivity index (χ4v) is 2.69. The molecule has 0 spiro atoms. The number of aryl methyl sites for hydroxylation is 1. The number of aromatic nitrogens is 1. The topological polar surface area (TPSA) is 24.9 Å². The minimum absolute atomic E-state index is 0.783. The van der Waals surface area contributed by atoms with Gasteiger partial charge in [-0.15, -0.1) is 0 Å². The Balaban J connectivity index is 1.89. The molecule has 0 radical (unpaired) electrons. The monoisotopic (exact) mass is 326 g/mol. The van der Waals surface area contributed by atoms with Crippen LogP contribution in [0.2, 0.25) is 0 Å². The summed E-state index contributed by atoms with van der Waals surface area (Å²) >= 11 is 3.63.